The van der Waals surface area contributed by atoms with Gasteiger partial charge < -0.3 is 0 Å². The molecule has 6 rings (SSSR count). The average Bonchev–Trinajstić information content (AvgIpc) is 2.91. The molecule has 2 aliphatic heterocycles. The minimum atomic E-state index is -0.554. The fraction of sp³-hybridized carbons (Fsp3) is 0.333. The molecule has 0 bridgehead atoms. The van der Waals surface area contributed by atoms with Crippen molar-refractivity contribution in [2.45, 2.75) is 26.7 Å². The smallest absolute Gasteiger partial charge is 0.241 e. The number of benzene rings is 2. The number of carbonyl (C=O) groups excluding carboxylic acids is 4. The number of nitrogens with zero attached hydrogens (tertiary/aromatic N) is 2. The molecule has 36 heavy (non-hydrogen) atoms. The van der Waals surface area contributed by atoms with Crippen molar-refractivity contribution in [3.05, 3.63) is 84.0 Å². The Kier molecular flexibility index (Phi) is 5.29. The summed E-state index contributed by atoms with van der Waals surface area (Å²) in [6.07, 6.45) is 8.63. The number of aryl methyl sites for hydroxylation is 2. The van der Waals surface area contributed by atoms with E-state index in [1.165, 1.54) is 9.80 Å². The van der Waals surface area contributed by atoms with Gasteiger partial charge in [0, 0.05) is 0 Å². The first kappa shape index (κ1) is 22.7. The van der Waals surface area contributed by atoms with Gasteiger partial charge in [0.25, 0.3) is 0 Å². The molecule has 0 spiro atoms. The van der Waals surface area contributed by atoms with Crippen LogP contribution in [0.4, 0.5) is 11.4 Å². The number of carbonyl (C=O) groups is 4. The maximum atomic E-state index is 13.8. The first-order chi connectivity index (χ1) is 17.5. The Morgan fingerprint density at radius 3 is 1.14 bits per heavy atom. The minimum Gasteiger partial charge on any atom is -0.273 e. The van der Waals surface area contributed by atoms with Crippen molar-refractivity contribution in [3.8, 4) is 0 Å². The molecular formula is C30H28N2O4. The maximum Gasteiger partial charge on any atom is 0.241 e. The Morgan fingerprint density at radius 1 is 0.528 bits per heavy atom. The molecule has 6 nitrogen and oxygen atoms in total. The summed E-state index contributed by atoms with van der Waals surface area (Å²) in [6, 6.07) is 15.0. The molecule has 6 atom stereocenters. The van der Waals surface area contributed by atoms with Gasteiger partial charge in [0.1, 0.15) is 0 Å². The second-order valence-corrected chi connectivity index (χ2v) is 10.0. The van der Waals surface area contributed by atoms with Crippen LogP contribution in [0.5, 0.6) is 0 Å². The largest absolute Gasteiger partial charge is 0.273 e. The van der Waals surface area contributed by atoms with E-state index in [9.17, 15) is 19.2 Å². The number of para-hydroxylation sites is 2. The molecular weight excluding hydrogens is 452 g/mol. The summed E-state index contributed by atoms with van der Waals surface area (Å²) >= 11 is 0. The molecule has 0 aromatic heterocycles. The van der Waals surface area contributed by atoms with Crippen LogP contribution in [0.1, 0.15) is 25.0 Å². The number of piperidine rings is 2. The van der Waals surface area contributed by atoms with Crippen LogP contribution >= 0.6 is 0 Å². The van der Waals surface area contributed by atoms with E-state index in [-0.39, 0.29) is 23.6 Å². The molecule has 0 radical (unpaired) electrons. The molecule has 4 amide bonds. The Labute approximate surface area is 210 Å². The predicted molar refractivity (Wildman–Crippen MR) is 136 cm³/mol. The van der Waals surface area contributed by atoms with Gasteiger partial charge in [0.2, 0.25) is 23.6 Å². The van der Waals surface area contributed by atoms with Gasteiger partial charge >= 0.3 is 0 Å². The third-order valence-corrected chi connectivity index (χ3v) is 8.40. The van der Waals surface area contributed by atoms with Crippen LogP contribution in [0.25, 0.3) is 0 Å². The molecule has 0 saturated carbocycles. The Morgan fingerprint density at radius 2 is 0.833 bits per heavy atom. The first-order valence-corrected chi connectivity index (χ1v) is 12.8. The number of imide groups is 2. The Balaban J connectivity index is 1.44. The summed E-state index contributed by atoms with van der Waals surface area (Å²) in [5.74, 6) is -4.12. The molecule has 2 aliphatic carbocycles. The van der Waals surface area contributed by atoms with Crippen LogP contribution in [0.2, 0.25) is 0 Å². The molecule has 2 heterocycles. The van der Waals surface area contributed by atoms with E-state index < -0.39 is 35.5 Å². The maximum absolute atomic E-state index is 13.8. The van der Waals surface area contributed by atoms with Gasteiger partial charge in [-0.25, -0.2) is 9.80 Å². The van der Waals surface area contributed by atoms with Crippen LogP contribution in [-0.4, -0.2) is 23.6 Å². The molecule has 0 N–H and O–H groups in total. The van der Waals surface area contributed by atoms with Gasteiger partial charge in [0.15, 0.2) is 0 Å². The number of hydrogen-bond acceptors (Lipinski definition) is 4. The van der Waals surface area contributed by atoms with Crippen molar-refractivity contribution in [1.29, 1.82) is 0 Å². The Hall–Kier alpha value is -3.80. The van der Waals surface area contributed by atoms with E-state index in [4.69, 9.17) is 0 Å². The summed E-state index contributed by atoms with van der Waals surface area (Å²) in [6.45, 7) is 4.00. The summed E-state index contributed by atoms with van der Waals surface area (Å²) in [4.78, 5) is 57.7. The topological polar surface area (TPSA) is 74.8 Å². The van der Waals surface area contributed by atoms with Gasteiger partial charge in [-0.05, 0) is 47.9 Å². The molecule has 2 saturated heterocycles. The minimum absolute atomic E-state index is 0.274. The van der Waals surface area contributed by atoms with Crippen LogP contribution < -0.4 is 9.80 Å². The van der Waals surface area contributed by atoms with Gasteiger partial charge in [-0.1, -0.05) is 74.5 Å². The van der Waals surface area contributed by atoms with E-state index in [1.807, 2.05) is 86.7 Å². The number of amides is 4. The lowest BCUT2D eigenvalue weighted by Crippen LogP contribution is -2.64. The average molecular weight is 481 g/mol. The van der Waals surface area contributed by atoms with Gasteiger partial charge in [0.05, 0.1) is 35.0 Å². The molecule has 2 aromatic carbocycles. The predicted octanol–water partition coefficient (Wildman–Crippen LogP) is 4.09. The van der Waals surface area contributed by atoms with Crippen molar-refractivity contribution in [2.75, 3.05) is 9.80 Å². The summed E-state index contributed by atoms with van der Waals surface area (Å²) in [5, 5.41) is 0. The molecule has 2 aromatic rings. The van der Waals surface area contributed by atoms with Crippen LogP contribution in [0.15, 0.2) is 72.8 Å². The summed E-state index contributed by atoms with van der Waals surface area (Å²) < 4.78 is 0. The third-order valence-electron chi connectivity index (χ3n) is 8.40. The highest BCUT2D eigenvalue weighted by Crippen LogP contribution is 2.53. The number of hydrogen-bond donors (Lipinski definition) is 0. The zero-order chi connectivity index (χ0) is 25.1. The summed E-state index contributed by atoms with van der Waals surface area (Å²) in [5.41, 5.74) is 3.11. The van der Waals surface area contributed by atoms with E-state index in [0.717, 1.165) is 11.1 Å². The van der Waals surface area contributed by atoms with Crippen LogP contribution in [0, 0.1) is 35.5 Å². The van der Waals surface area contributed by atoms with Gasteiger partial charge in [-0.15, -0.1) is 0 Å². The van der Waals surface area contributed by atoms with E-state index in [2.05, 4.69) is 0 Å². The van der Waals surface area contributed by atoms with Crippen molar-refractivity contribution in [1.82, 2.24) is 0 Å². The van der Waals surface area contributed by atoms with E-state index >= 15 is 0 Å². The highest BCUT2D eigenvalue weighted by atomic mass is 16.2. The van der Waals surface area contributed by atoms with Crippen LogP contribution in [-0.2, 0) is 32.0 Å². The molecule has 6 heteroatoms. The molecule has 2 unspecified atom stereocenters. The normalized spacial score (nSPS) is 30.6. The fourth-order valence-corrected chi connectivity index (χ4v) is 6.73. The quantitative estimate of drug-likeness (QED) is 0.488. The molecule has 4 aliphatic rings. The number of anilines is 2. The fourth-order valence-electron chi connectivity index (χ4n) is 6.73. The zero-order valence-electron chi connectivity index (χ0n) is 20.3. The lowest BCUT2D eigenvalue weighted by molar-refractivity contribution is -0.148. The lowest BCUT2D eigenvalue weighted by atomic mass is 9.55. The summed E-state index contributed by atoms with van der Waals surface area (Å²) in [7, 11) is 0. The van der Waals surface area contributed by atoms with Gasteiger partial charge in [-0.2, -0.15) is 0 Å². The SMILES string of the molecule is CCc1ccccc1N1C(=O)[C@H]2C=C[C@H]3C(=O)N(c4ccccc4CC)C(=O)[C@@H]4C=C[C@@H](C1=O)C2C34. The molecule has 182 valence electrons. The third kappa shape index (κ3) is 3.03. The van der Waals surface area contributed by atoms with E-state index in [1.54, 1.807) is 0 Å². The lowest BCUT2D eigenvalue weighted by Gasteiger charge is -2.53. The second kappa shape index (κ2) is 8.40. The zero-order valence-corrected chi connectivity index (χ0v) is 20.3. The van der Waals surface area contributed by atoms with Crippen molar-refractivity contribution in [3.63, 3.8) is 0 Å². The van der Waals surface area contributed by atoms with Crippen molar-refractivity contribution >= 4 is 35.0 Å². The highest BCUT2D eigenvalue weighted by molar-refractivity contribution is 6.22. The second-order valence-electron chi connectivity index (χ2n) is 10.0. The first-order valence-electron chi connectivity index (χ1n) is 12.8. The molecule has 2 fully saturated rings. The highest BCUT2D eigenvalue weighted by Gasteiger charge is 2.61. The van der Waals surface area contributed by atoms with Crippen molar-refractivity contribution < 1.29 is 19.2 Å². The van der Waals surface area contributed by atoms with E-state index in [0.29, 0.717) is 24.2 Å². The Bertz CT molecular complexity index is 1200. The standard InChI is InChI=1S/C30H28N2O4/c1-3-17-9-5-7-11-23(17)31-27(33)19-13-15-21-26-22(16-14-20(25(19)26)28(31)34)30(36)32(29(21)35)24-12-8-6-10-18(24)4-2/h5-16,19-22,25-26H,3-4H2,1-2H3/t19-,20-,21-,22+,25?,26?/m1/s1. The van der Waals surface area contributed by atoms with Crippen LogP contribution in [0.3, 0.4) is 0 Å². The van der Waals surface area contributed by atoms with Gasteiger partial charge in [-0.3, -0.25) is 19.2 Å². The van der Waals surface area contributed by atoms with Crippen molar-refractivity contribution in [2.24, 2.45) is 35.5 Å². The number of rotatable bonds is 4. The monoisotopic (exact) mass is 480 g/mol.